The van der Waals surface area contributed by atoms with Gasteiger partial charge in [0.15, 0.2) is 0 Å². The SMILES string of the molecule is CC(C)NCc1ccc(-c2ccc3ncccc3c2)o1. The summed E-state index contributed by atoms with van der Waals surface area (Å²) in [7, 11) is 0. The van der Waals surface area contributed by atoms with E-state index in [2.05, 4.69) is 36.3 Å². The van der Waals surface area contributed by atoms with Gasteiger partial charge in [0, 0.05) is 23.2 Å². The first-order chi connectivity index (χ1) is 9.72. The Labute approximate surface area is 118 Å². The van der Waals surface area contributed by atoms with Crippen molar-refractivity contribution in [2.75, 3.05) is 0 Å². The lowest BCUT2D eigenvalue weighted by Crippen LogP contribution is -2.21. The highest BCUT2D eigenvalue weighted by atomic mass is 16.3. The zero-order valence-electron chi connectivity index (χ0n) is 11.8. The molecular formula is C17H18N2O. The summed E-state index contributed by atoms with van der Waals surface area (Å²) in [6.45, 7) is 5.01. The maximum absolute atomic E-state index is 5.89. The summed E-state index contributed by atoms with van der Waals surface area (Å²) < 4.78 is 5.89. The number of nitrogens with zero attached hydrogens (tertiary/aromatic N) is 1. The van der Waals surface area contributed by atoms with Crippen LogP contribution in [0.3, 0.4) is 0 Å². The fraction of sp³-hybridized carbons (Fsp3) is 0.235. The maximum atomic E-state index is 5.89. The highest BCUT2D eigenvalue weighted by molar-refractivity contribution is 5.83. The second kappa shape index (κ2) is 5.47. The van der Waals surface area contributed by atoms with Gasteiger partial charge in [0.05, 0.1) is 12.1 Å². The number of benzene rings is 1. The van der Waals surface area contributed by atoms with Gasteiger partial charge in [0.25, 0.3) is 0 Å². The molecule has 0 fully saturated rings. The third-order valence-electron chi connectivity index (χ3n) is 3.23. The summed E-state index contributed by atoms with van der Waals surface area (Å²) in [5, 5.41) is 4.48. The summed E-state index contributed by atoms with van der Waals surface area (Å²) in [6, 6.07) is 14.7. The molecule has 1 N–H and O–H groups in total. The van der Waals surface area contributed by atoms with Crippen LogP contribution in [-0.2, 0) is 6.54 Å². The zero-order chi connectivity index (χ0) is 13.9. The summed E-state index contributed by atoms with van der Waals surface area (Å²) in [5.74, 6) is 1.86. The van der Waals surface area contributed by atoms with Crippen molar-refractivity contribution >= 4 is 10.9 Å². The van der Waals surface area contributed by atoms with E-state index in [0.717, 1.165) is 34.5 Å². The Hall–Kier alpha value is -2.13. The molecule has 0 amide bonds. The van der Waals surface area contributed by atoms with Crippen LogP contribution in [0.15, 0.2) is 53.1 Å². The number of aromatic nitrogens is 1. The van der Waals surface area contributed by atoms with Crippen LogP contribution >= 0.6 is 0 Å². The van der Waals surface area contributed by atoms with E-state index >= 15 is 0 Å². The predicted octanol–water partition coefficient (Wildman–Crippen LogP) is 3.99. The molecule has 0 spiro atoms. The lowest BCUT2D eigenvalue weighted by Gasteiger charge is -2.05. The van der Waals surface area contributed by atoms with Crippen molar-refractivity contribution in [3.05, 3.63) is 54.4 Å². The summed E-state index contributed by atoms with van der Waals surface area (Å²) in [6.07, 6.45) is 1.81. The Morgan fingerprint density at radius 2 is 2.05 bits per heavy atom. The molecule has 3 aromatic rings. The Morgan fingerprint density at radius 1 is 1.15 bits per heavy atom. The Morgan fingerprint density at radius 3 is 2.90 bits per heavy atom. The normalized spacial score (nSPS) is 11.3. The van der Waals surface area contributed by atoms with Gasteiger partial charge in [-0.15, -0.1) is 0 Å². The molecular weight excluding hydrogens is 248 g/mol. The van der Waals surface area contributed by atoms with Crippen molar-refractivity contribution in [1.82, 2.24) is 10.3 Å². The zero-order valence-corrected chi connectivity index (χ0v) is 11.8. The average molecular weight is 266 g/mol. The van der Waals surface area contributed by atoms with Crippen LogP contribution in [0.2, 0.25) is 0 Å². The Kier molecular flexibility index (Phi) is 3.52. The molecule has 3 heteroatoms. The van der Waals surface area contributed by atoms with E-state index in [4.69, 9.17) is 4.42 Å². The highest BCUT2D eigenvalue weighted by Crippen LogP contribution is 2.25. The van der Waals surface area contributed by atoms with Crippen LogP contribution < -0.4 is 5.32 Å². The molecule has 20 heavy (non-hydrogen) atoms. The molecule has 2 aromatic heterocycles. The van der Waals surface area contributed by atoms with Gasteiger partial charge in [-0.3, -0.25) is 4.98 Å². The van der Waals surface area contributed by atoms with E-state index in [9.17, 15) is 0 Å². The molecule has 2 heterocycles. The van der Waals surface area contributed by atoms with Gasteiger partial charge in [-0.2, -0.15) is 0 Å². The van der Waals surface area contributed by atoms with Crippen molar-refractivity contribution < 1.29 is 4.42 Å². The van der Waals surface area contributed by atoms with E-state index in [0.29, 0.717) is 6.04 Å². The number of furan rings is 1. The minimum atomic E-state index is 0.454. The predicted molar refractivity (Wildman–Crippen MR) is 81.4 cm³/mol. The van der Waals surface area contributed by atoms with Crippen molar-refractivity contribution in [2.24, 2.45) is 0 Å². The van der Waals surface area contributed by atoms with Gasteiger partial charge < -0.3 is 9.73 Å². The monoisotopic (exact) mass is 266 g/mol. The van der Waals surface area contributed by atoms with Crippen molar-refractivity contribution in [1.29, 1.82) is 0 Å². The first kappa shape index (κ1) is 12.9. The van der Waals surface area contributed by atoms with Crippen molar-refractivity contribution in [2.45, 2.75) is 26.4 Å². The quantitative estimate of drug-likeness (QED) is 0.775. The standard InChI is InChI=1S/C17H18N2O/c1-12(2)19-11-15-6-8-17(20-15)14-5-7-16-13(10-14)4-3-9-18-16/h3-10,12,19H,11H2,1-2H3. The third kappa shape index (κ3) is 2.73. The number of rotatable bonds is 4. The van der Waals surface area contributed by atoms with E-state index in [1.54, 1.807) is 0 Å². The first-order valence-corrected chi connectivity index (χ1v) is 6.89. The molecule has 0 aliphatic heterocycles. The van der Waals surface area contributed by atoms with Gasteiger partial charge >= 0.3 is 0 Å². The van der Waals surface area contributed by atoms with Crippen LogP contribution in [0.25, 0.3) is 22.2 Å². The topological polar surface area (TPSA) is 38.1 Å². The molecule has 3 nitrogen and oxygen atoms in total. The van der Waals surface area contributed by atoms with Crippen LogP contribution in [0, 0.1) is 0 Å². The second-order valence-electron chi connectivity index (χ2n) is 5.21. The fourth-order valence-corrected chi connectivity index (χ4v) is 2.16. The van der Waals surface area contributed by atoms with Crippen molar-refractivity contribution in [3.63, 3.8) is 0 Å². The molecule has 0 saturated heterocycles. The molecule has 1 aromatic carbocycles. The largest absolute Gasteiger partial charge is 0.460 e. The van der Waals surface area contributed by atoms with Gasteiger partial charge in [0.1, 0.15) is 11.5 Å². The van der Waals surface area contributed by atoms with E-state index in [1.165, 1.54) is 0 Å². The van der Waals surface area contributed by atoms with Crippen LogP contribution in [0.4, 0.5) is 0 Å². The van der Waals surface area contributed by atoms with Gasteiger partial charge in [-0.05, 0) is 36.4 Å². The summed E-state index contributed by atoms with van der Waals surface area (Å²) >= 11 is 0. The lowest BCUT2D eigenvalue weighted by molar-refractivity contribution is 0.473. The molecule has 102 valence electrons. The summed E-state index contributed by atoms with van der Waals surface area (Å²) in [5.41, 5.74) is 2.09. The molecule has 3 rings (SSSR count). The smallest absolute Gasteiger partial charge is 0.134 e. The maximum Gasteiger partial charge on any atom is 0.134 e. The third-order valence-corrected chi connectivity index (χ3v) is 3.23. The van der Waals surface area contributed by atoms with E-state index in [1.807, 2.05) is 36.5 Å². The summed E-state index contributed by atoms with van der Waals surface area (Å²) in [4.78, 5) is 4.33. The highest BCUT2D eigenvalue weighted by Gasteiger charge is 2.06. The number of hydrogen-bond acceptors (Lipinski definition) is 3. The number of pyridine rings is 1. The average Bonchev–Trinajstić information content (AvgIpc) is 2.93. The molecule has 0 atom stereocenters. The minimum Gasteiger partial charge on any atom is -0.460 e. The molecule has 0 radical (unpaired) electrons. The van der Waals surface area contributed by atoms with Gasteiger partial charge in [-0.1, -0.05) is 19.9 Å². The minimum absolute atomic E-state index is 0.454. The van der Waals surface area contributed by atoms with Crippen LogP contribution in [-0.4, -0.2) is 11.0 Å². The molecule has 0 aliphatic carbocycles. The number of nitrogens with one attached hydrogen (secondary N) is 1. The second-order valence-corrected chi connectivity index (χ2v) is 5.21. The molecule has 0 saturated carbocycles. The van der Waals surface area contributed by atoms with Gasteiger partial charge in [0.2, 0.25) is 0 Å². The fourth-order valence-electron chi connectivity index (χ4n) is 2.16. The molecule has 0 aliphatic rings. The van der Waals surface area contributed by atoms with E-state index in [-0.39, 0.29) is 0 Å². The van der Waals surface area contributed by atoms with Crippen LogP contribution in [0.5, 0.6) is 0 Å². The van der Waals surface area contributed by atoms with E-state index < -0.39 is 0 Å². The van der Waals surface area contributed by atoms with Crippen LogP contribution in [0.1, 0.15) is 19.6 Å². The van der Waals surface area contributed by atoms with Crippen molar-refractivity contribution in [3.8, 4) is 11.3 Å². The number of fused-ring (bicyclic) bond motifs is 1. The Balaban J connectivity index is 1.87. The molecule has 0 unspecified atom stereocenters. The molecule has 0 bridgehead atoms. The number of hydrogen-bond donors (Lipinski definition) is 1. The van der Waals surface area contributed by atoms with Gasteiger partial charge in [-0.25, -0.2) is 0 Å². The first-order valence-electron chi connectivity index (χ1n) is 6.89. The lowest BCUT2D eigenvalue weighted by atomic mass is 10.1. The Bertz CT molecular complexity index is 716.